The molecule has 0 saturated heterocycles. The van der Waals surface area contributed by atoms with Crippen LogP contribution in [0.25, 0.3) is 0 Å². The van der Waals surface area contributed by atoms with E-state index in [2.05, 4.69) is 4.74 Å². The van der Waals surface area contributed by atoms with E-state index >= 15 is 0 Å². The lowest BCUT2D eigenvalue weighted by molar-refractivity contribution is -0.143. The Morgan fingerprint density at radius 1 is 1.67 bits per heavy atom. The highest BCUT2D eigenvalue weighted by molar-refractivity contribution is 6.28. The second-order valence-electron chi connectivity index (χ2n) is 3.76. The van der Waals surface area contributed by atoms with E-state index in [0.717, 1.165) is 12.8 Å². The normalized spacial score (nSPS) is 19.7. The van der Waals surface area contributed by atoms with Crippen molar-refractivity contribution < 1.29 is 13.9 Å². The molecule has 2 rings (SSSR count). The highest BCUT2D eigenvalue weighted by Crippen LogP contribution is 2.51. The zero-order valence-corrected chi connectivity index (χ0v) is 9.08. The van der Waals surface area contributed by atoms with Crippen LogP contribution in [0, 0.1) is 0 Å². The maximum Gasteiger partial charge on any atom is 0.323 e. The largest absolute Gasteiger partial charge is 0.468 e. The first-order chi connectivity index (χ1) is 7.10. The minimum atomic E-state index is -0.676. The summed E-state index contributed by atoms with van der Waals surface area (Å²) in [6.45, 7) is 0. The quantitative estimate of drug-likeness (QED) is 0.797. The Bertz CT molecular complexity index is 384. The van der Waals surface area contributed by atoms with Gasteiger partial charge in [0.15, 0.2) is 5.22 Å². The van der Waals surface area contributed by atoms with Gasteiger partial charge in [-0.05, 0) is 36.6 Å². The van der Waals surface area contributed by atoms with E-state index in [0.29, 0.717) is 11.0 Å². The number of nitrogens with two attached hydrogens (primary N) is 1. The molecular formula is C10H12ClNO3. The maximum absolute atomic E-state index is 11.4. The van der Waals surface area contributed by atoms with Gasteiger partial charge in [0.1, 0.15) is 11.8 Å². The topological polar surface area (TPSA) is 65.5 Å². The molecule has 0 amide bonds. The summed E-state index contributed by atoms with van der Waals surface area (Å²) in [4.78, 5) is 11.4. The standard InChI is InChI=1S/C10H12ClNO3/c1-14-9(13)8(12)10(4-5-10)6-2-3-7(11)15-6/h2-3,8H,4-5,12H2,1H3. The molecule has 1 aromatic heterocycles. The number of furan rings is 1. The minimum Gasteiger partial charge on any atom is -0.468 e. The molecule has 0 radical (unpaired) electrons. The van der Waals surface area contributed by atoms with Crippen molar-refractivity contribution in [2.75, 3.05) is 7.11 Å². The fraction of sp³-hybridized carbons (Fsp3) is 0.500. The number of rotatable bonds is 3. The van der Waals surface area contributed by atoms with Crippen LogP contribution in [0.4, 0.5) is 0 Å². The summed E-state index contributed by atoms with van der Waals surface area (Å²) in [5.74, 6) is 0.255. The molecule has 0 aliphatic heterocycles. The van der Waals surface area contributed by atoms with Gasteiger partial charge < -0.3 is 14.9 Å². The Hall–Kier alpha value is -1.00. The van der Waals surface area contributed by atoms with E-state index in [9.17, 15) is 4.79 Å². The van der Waals surface area contributed by atoms with Gasteiger partial charge in [-0.2, -0.15) is 0 Å². The lowest BCUT2D eigenvalue weighted by Crippen LogP contribution is -2.42. The highest BCUT2D eigenvalue weighted by atomic mass is 35.5. The molecule has 0 bridgehead atoms. The van der Waals surface area contributed by atoms with E-state index in [1.54, 1.807) is 12.1 Å². The number of carbonyl (C=O) groups excluding carboxylic acids is 1. The van der Waals surface area contributed by atoms with Crippen molar-refractivity contribution >= 4 is 17.6 Å². The first-order valence-electron chi connectivity index (χ1n) is 4.69. The Morgan fingerprint density at radius 2 is 2.33 bits per heavy atom. The Morgan fingerprint density at radius 3 is 2.73 bits per heavy atom. The Balaban J connectivity index is 2.24. The van der Waals surface area contributed by atoms with E-state index in [1.165, 1.54) is 7.11 Å². The Kier molecular flexibility index (Phi) is 2.48. The summed E-state index contributed by atoms with van der Waals surface area (Å²) in [6, 6.07) is 2.74. The van der Waals surface area contributed by atoms with Crippen LogP contribution in [0.15, 0.2) is 16.5 Å². The summed E-state index contributed by atoms with van der Waals surface area (Å²) in [5, 5.41) is 0.313. The number of carbonyl (C=O) groups is 1. The highest BCUT2D eigenvalue weighted by Gasteiger charge is 2.55. The fourth-order valence-corrected chi connectivity index (χ4v) is 1.93. The molecular weight excluding hydrogens is 218 g/mol. The van der Waals surface area contributed by atoms with Gasteiger partial charge in [-0.25, -0.2) is 0 Å². The van der Waals surface area contributed by atoms with Crippen LogP contribution in [0.2, 0.25) is 5.22 Å². The van der Waals surface area contributed by atoms with Crippen LogP contribution in [-0.2, 0) is 14.9 Å². The molecule has 1 heterocycles. The summed E-state index contributed by atoms with van der Waals surface area (Å²) in [6.07, 6.45) is 1.65. The van der Waals surface area contributed by atoms with Gasteiger partial charge in [0.25, 0.3) is 0 Å². The van der Waals surface area contributed by atoms with E-state index in [-0.39, 0.29) is 0 Å². The molecule has 2 N–H and O–H groups in total. The molecule has 1 aliphatic rings. The number of ether oxygens (including phenoxy) is 1. The lowest BCUT2D eigenvalue weighted by Gasteiger charge is -2.18. The molecule has 0 aromatic carbocycles. The molecule has 1 saturated carbocycles. The second-order valence-corrected chi connectivity index (χ2v) is 4.13. The molecule has 15 heavy (non-hydrogen) atoms. The number of methoxy groups -OCH3 is 1. The van der Waals surface area contributed by atoms with Crippen LogP contribution < -0.4 is 5.73 Å². The summed E-state index contributed by atoms with van der Waals surface area (Å²) in [7, 11) is 1.33. The van der Waals surface area contributed by atoms with Crippen LogP contribution >= 0.6 is 11.6 Å². The van der Waals surface area contributed by atoms with Crippen molar-refractivity contribution in [3.05, 3.63) is 23.1 Å². The molecule has 1 aliphatic carbocycles. The van der Waals surface area contributed by atoms with E-state index in [1.807, 2.05) is 0 Å². The van der Waals surface area contributed by atoms with Crippen molar-refractivity contribution in [3.63, 3.8) is 0 Å². The van der Waals surface area contributed by atoms with Crippen molar-refractivity contribution in [2.24, 2.45) is 5.73 Å². The zero-order chi connectivity index (χ0) is 11.1. The van der Waals surface area contributed by atoms with Crippen LogP contribution in [0.3, 0.4) is 0 Å². The number of esters is 1. The first kappa shape index (κ1) is 10.5. The zero-order valence-electron chi connectivity index (χ0n) is 8.33. The van der Waals surface area contributed by atoms with E-state index in [4.69, 9.17) is 21.8 Å². The lowest BCUT2D eigenvalue weighted by atomic mass is 9.94. The average Bonchev–Trinajstić information content (AvgIpc) is 2.94. The summed E-state index contributed by atoms with van der Waals surface area (Å²) >= 11 is 5.69. The van der Waals surface area contributed by atoms with Crippen LogP contribution in [-0.4, -0.2) is 19.1 Å². The van der Waals surface area contributed by atoms with Crippen molar-refractivity contribution in [2.45, 2.75) is 24.3 Å². The van der Waals surface area contributed by atoms with Gasteiger partial charge in [-0.3, -0.25) is 4.79 Å². The van der Waals surface area contributed by atoms with Crippen LogP contribution in [0.5, 0.6) is 0 Å². The molecule has 4 nitrogen and oxygen atoms in total. The molecule has 1 atom stereocenters. The predicted molar refractivity (Wildman–Crippen MR) is 54.6 cm³/mol. The van der Waals surface area contributed by atoms with Gasteiger partial charge in [0.05, 0.1) is 12.5 Å². The molecule has 1 fully saturated rings. The third-order valence-corrected chi connectivity index (χ3v) is 3.11. The minimum absolute atomic E-state index is 0.313. The number of halogens is 1. The molecule has 1 unspecified atom stereocenters. The van der Waals surface area contributed by atoms with Crippen molar-refractivity contribution in [3.8, 4) is 0 Å². The predicted octanol–water partition coefficient (Wildman–Crippen LogP) is 1.46. The molecule has 82 valence electrons. The fourth-order valence-electron chi connectivity index (χ4n) is 1.78. The second kappa shape index (κ2) is 3.54. The first-order valence-corrected chi connectivity index (χ1v) is 5.07. The molecule has 5 heteroatoms. The van der Waals surface area contributed by atoms with Crippen molar-refractivity contribution in [1.82, 2.24) is 0 Å². The molecule has 1 aromatic rings. The maximum atomic E-state index is 11.4. The molecule has 0 spiro atoms. The Labute approximate surface area is 92.3 Å². The van der Waals surface area contributed by atoms with Gasteiger partial charge in [-0.1, -0.05) is 0 Å². The van der Waals surface area contributed by atoms with E-state index < -0.39 is 17.4 Å². The monoisotopic (exact) mass is 229 g/mol. The SMILES string of the molecule is COC(=O)C(N)C1(c2ccc(Cl)o2)CC1. The van der Waals surface area contributed by atoms with Gasteiger partial charge >= 0.3 is 5.97 Å². The van der Waals surface area contributed by atoms with Gasteiger partial charge in [0.2, 0.25) is 0 Å². The summed E-state index contributed by atoms with van der Waals surface area (Å²) < 4.78 is 9.93. The summed E-state index contributed by atoms with van der Waals surface area (Å²) in [5.41, 5.74) is 5.43. The third-order valence-electron chi connectivity index (χ3n) is 2.90. The average molecular weight is 230 g/mol. The smallest absolute Gasteiger partial charge is 0.323 e. The van der Waals surface area contributed by atoms with Crippen LogP contribution in [0.1, 0.15) is 18.6 Å². The van der Waals surface area contributed by atoms with Crippen molar-refractivity contribution in [1.29, 1.82) is 0 Å². The number of hydrogen-bond acceptors (Lipinski definition) is 4. The van der Waals surface area contributed by atoms with Gasteiger partial charge in [0, 0.05) is 0 Å². The van der Waals surface area contributed by atoms with Gasteiger partial charge in [-0.15, -0.1) is 0 Å². The third kappa shape index (κ3) is 1.64. The number of hydrogen-bond donors (Lipinski definition) is 1.